The summed E-state index contributed by atoms with van der Waals surface area (Å²) in [6.07, 6.45) is 10.6. The van der Waals surface area contributed by atoms with Gasteiger partial charge in [0.2, 0.25) is 0 Å². The summed E-state index contributed by atoms with van der Waals surface area (Å²) in [4.78, 5) is 41.5. The molecule has 0 unspecified atom stereocenters. The fourth-order valence-electron chi connectivity index (χ4n) is 2.72. The van der Waals surface area contributed by atoms with Crippen LogP contribution in [0.2, 0.25) is 0 Å². The minimum absolute atomic E-state index is 0.212. The third kappa shape index (κ3) is 20.1. The molecule has 0 aliphatic carbocycles. The number of esters is 2. The van der Waals surface area contributed by atoms with Crippen molar-refractivity contribution in [1.82, 2.24) is 0 Å². The van der Waals surface area contributed by atoms with E-state index in [0.717, 1.165) is 57.8 Å². The number of ether oxygens (including phenoxy) is 2. The number of hydrogen-bond acceptors (Lipinski definition) is 6. The number of hydrogen-bond donors (Lipinski definition) is 2. The van der Waals surface area contributed by atoms with Crippen LogP contribution in [-0.4, -0.2) is 41.0 Å². The predicted molar refractivity (Wildman–Crippen MR) is 110 cm³/mol. The minimum atomic E-state index is -4.71. The SMILES string of the molecule is CCCCCCCCC(=O)O[C@@H](COC(=O)CCCCCCC)COP(=O)(O)O. The summed E-state index contributed by atoms with van der Waals surface area (Å²) in [6, 6.07) is 0. The van der Waals surface area contributed by atoms with E-state index in [4.69, 9.17) is 19.3 Å². The van der Waals surface area contributed by atoms with Gasteiger partial charge in [0.1, 0.15) is 6.61 Å². The average molecular weight is 438 g/mol. The lowest BCUT2D eigenvalue weighted by Gasteiger charge is -2.18. The second kappa shape index (κ2) is 17.9. The van der Waals surface area contributed by atoms with Crippen molar-refractivity contribution in [2.24, 2.45) is 0 Å². The van der Waals surface area contributed by atoms with Crippen LogP contribution in [-0.2, 0) is 28.2 Å². The van der Waals surface area contributed by atoms with Crippen LogP contribution in [0, 0.1) is 0 Å². The van der Waals surface area contributed by atoms with Gasteiger partial charge in [0, 0.05) is 12.8 Å². The van der Waals surface area contributed by atoms with Crippen molar-refractivity contribution in [1.29, 1.82) is 0 Å². The average Bonchev–Trinajstić information content (AvgIpc) is 2.65. The second-order valence-electron chi connectivity index (χ2n) is 7.26. The molecule has 0 spiro atoms. The van der Waals surface area contributed by atoms with E-state index >= 15 is 0 Å². The standard InChI is InChI=1S/C20H39O8P/c1-3-5-7-9-11-13-15-20(22)28-18(17-27-29(23,24)25)16-26-19(21)14-12-10-8-6-4-2/h18H,3-17H2,1-2H3,(H2,23,24,25)/t18-/m0/s1. The maximum absolute atomic E-state index is 12.0. The summed E-state index contributed by atoms with van der Waals surface area (Å²) in [7, 11) is -4.71. The Labute approximate surface area is 174 Å². The Balaban J connectivity index is 4.24. The molecule has 172 valence electrons. The van der Waals surface area contributed by atoms with Crippen LogP contribution < -0.4 is 0 Å². The smallest absolute Gasteiger partial charge is 0.462 e. The van der Waals surface area contributed by atoms with E-state index in [1.807, 2.05) is 0 Å². The molecule has 0 radical (unpaired) electrons. The largest absolute Gasteiger partial charge is 0.469 e. The first-order valence-electron chi connectivity index (χ1n) is 10.8. The Morgan fingerprint density at radius 2 is 1.24 bits per heavy atom. The number of phosphoric ester groups is 1. The monoisotopic (exact) mass is 438 g/mol. The van der Waals surface area contributed by atoms with Gasteiger partial charge in [-0.05, 0) is 12.8 Å². The molecule has 1 atom stereocenters. The third-order valence-electron chi connectivity index (χ3n) is 4.38. The Hall–Kier alpha value is -0.950. The molecule has 0 aromatic heterocycles. The topological polar surface area (TPSA) is 119 Å². The summed E-state index contributed by atoms with van der Waals surface area (Å²) >= 11 is 0. The first-order chi connectivity index (χ1) is 13.8. The summed E-state index contributed by atoms with van der Waals surface area (Å²) in [5, 5.41) is 0. The van der Waals surface area contributed by atoms with Crippen LogP contribution in [0.15, 0.2) is 0 Å². The van der Waals surface area contributed by atoms with Crippen molar-refractivity contribution in [3.05, 3.63) is 0 Å². The van der Waals surface area contributed by atoms with Gasteiger partial charge in [-0.1, -0.05) is 71.6 Å². The lowest BCUT2D eigenvalue weighted by Crippen LogP contribution is -2.29. The maximum Gasteiger partial charge on any atom is 0.469 e. The quantitative estimate of drug-likeness (QED) is 0.170. The molecule has 0 aliphatic rings. The van der Waals surface area contributed by atoms with E-state index in [2.05, 4.69) is 18.4 Å². The normalized spacial score (nSPS) is 12.6. The lowest BCUT2D eigenvalue weighted by atomic mass is 10.1. The highest BCUT2D eigenvalue weighted by atomic mass is 31.2. The number of carbonyl (C=O) groups excluding carboxylic acids is 2. The van der Waals surface area contributed by atoms with E-state index in [1.165, 1.54) is 6.42 Å². The van der Waals surface area contributed by atoms with Gasteiger partial charge >= 0.3 is 19.8 Å². The second-order valence-corrected chi connectivity index (χ2v) is 8.50. The number of rotatable bonds is 19. The zero-order chi connectivity index (χ0) is 22.0. The number of unbranched alkanes of at least 4 members (excludes halogenated alkanes) is 9. The van der Waals surface area contributed by atoms with Crippen molar-refractivity contribution < 1.29 is 37.9 Å². The van der Waals surface area contributed by atoms with Crippen LogP contribution in [0.1, 0.15) is 97.3 Å². The minimum Gasteiger partial charge on any atom is -0.462 e. The van der Waals surface area contributed by atoms with Crippen molar-refractivity contribution in [2.45, 2.75) is 103 Å². The Morgan fingerprint density at radius 1 is 0.759 bits per heavy atom. The molecule has 8 nitrogen and oxygen atoms in total. The fraction of sp³-hybridized carbons (Fsp3) is 0.900. The van der Waals surface area contributed by atoms with Gasteiger partial charge in [-0.2, -0.15) is 0 Å². The highest BCUT2D eigenvalue weighted by molar-refractivity contribution is 7.46. The zero-order valence-electron chi connectivity index (χ0n) is 18.0. The summed E-state index contributed by atoms with van der Waals surface area (Å²) in [5.41, 5.74) is 0. The van der Waals surface area contributed by atoms with E-state index in [0.29, 0.717) is 6.42 Å². The number of phosphoric acid groups is 1. The van der Waals surface area contributed by atoms with Crippen molar-refractivity contribution >= 4 is 19.8 Å². The van der Waals surface area contributed by atoms with Crippen LogP contribution in [0.5, 0.6) is 0 Å². The molecule has 0 aromatic rings. The van der Waals surface area contributed by atoms with Crippen LogP contribution >= 0.6 is 7.82 Å². The predicted octanol–water partition coefficient (Wildman–Crippen LogP) is 4.66. The van der Waals surface area contributed by atoms with Crippen molar-refractivity contribution in [3.8, 4) is 0 Å². The summed E-state index contributed by atoms with van der Waals surface area (Å²) in [5.74, 6) is -0.912. The van der Waals surface area contributed by atoms with E-state index in [1.54, 1.807) is 0 Å². The van der Waals surface area contributed by atoms with E-state index in [-0.39, 0.29) is 19.4 Å². The lowest BCUT2D eigenvalue weighted by molar-refractivity contribution is -0.161. The van der Waals surface area contributed by atoms with Gasteiger partial charge in [-0.15, -0.1) is 0 Å². The van der Waals surface area contributed by atoms with E-state index < -0.39 is 32.5 Å². The first kappa shape index (κ1) is 28.1. The van der Waals surface area contributed by atoms with Crippen LogP contribution in [0.3, 0.4) is 0 Å². The van der Waals surface area contributed by atoms with Crippen molar-refractivity contribution in [3.63, 3.8) is 0 Å². The summed E-state index contributed by atoms with van der Waals surface area (Å²) < 4.78 is 25.6. The van der Waals surface area contributed by atoms with Gasteiger partial charge in [0.25, 0.3) is 0 Å². The van der Waals surface area contributed by atoms with Gasteiger partial charge < -0.3 is 19.3 Å². The molecular weight excluding hydrogens is 399 g/mol. The molecule has 0 saturated carbocycles. The molecule has 0 fully saturated rings. The zero-order valence-corrected chi connectivity index (χ0v) is 18.9. The van der Waals surface area contributed by atoms with Crippen LogP contribution in [0.25, 0.3) is 0 Å². The molecule has 2 N–H and O–H groups in total. The molecule has 0 rings (SSSR count). The first-order valence-corrected chi connectivity index (χ1v) is 12.4. The molecule has 0 aliphatic heterocycles. The third-order valence-corrected chi connectivity index (χ3v) is 4.86. The Morgan fingerprint density at radius 3 is 1.76 bits per heavy atom. The van der Waals surface area contributed by atoms with Crippen molar-refractivity contribution in [2.75, 3.05) is 13.2 Å². The molecule has 0 heterocycles. The molecular formula is C20H39O8P. The fourth-order valence-corrected chi connectivity index (χ4v) is 3.08. The molecule has 0 amide bonds. The number of carbonyl (C=O) groups is 2. The van der Waals surface area contributed by atoms with Crippen LogP contribution in [0.4, 0.5) is 0 Å². The molecule has 0 aromatic carbocycles. The highest BCUT2D eigenvalue weighted by Gasteiger charge is 2.22. The van der Waals surface area contributed by atoms with Gasteiger partial charge in [-0.3, -0.25) is 14.1 Å². The van der Waals surface area contributed by atoms with Gasteiger partial charge in [0.05, 0.1) is 6.61 Å². The molecule has 0 saturated heterocycles. The van der Waals surface area contributed by atoms with Gasteiger partial charge in [0.15, 0.2) is 6.10 Å². The summed E-state index contributed by atoms with van der Waals surface area (Å²) in [6.45, 7) is 3.44. The maximum atomic E-state index is 12.0. The molecule has 29 heavy (non-hydrogen) atoms. The van der Waals surface area contributed by atoms with E-state index in [9.17, 15) is 14.2 Å². The highest BCUT2D eigenvalue weighted by Crippen LogP contribution is 2.35. The Bertz CT molecular complexity index is 477. The molecule has 0 bridgehead atoms. The van der Waals surface area contributed by atoms with Gasteiger partial charge in [-0.25, -0.2) is 4.57 Å². The Kier molecular flexibility index (Phi) is 17.3. The molecule has 9 heteroatoms.